The average molecular weight is 493 g/mol. The predicted molar refractivity (Wildman–Crippen MR) is 121 cm³/mol. The second-order valence-corrected chi connectivity index (χ2v) is 8.86. The Labute approximate surface area is 196 Å². The van der Waals surface area contributed by atoms with E-state index in [9.17, 15) is 22.4 Å². The average Bonchev–Trinajstić information content (AvgIpc) is 2.92. The summed E-state index contributed by atoms with van der Waals surface area (Å²) in [4.78, 5) is 18.8. The zero-order valence-electron chi connectivity index (χ0n) is 17.0. The zero-order chi connectivity index (χ0) is 23.6. The van der Waals surface area contributed by atoms with Crippen molar-refractivity contribution in [3.63, 3.8) is 0 Å². The van der Waals surface area contributed by atoms with Crippen LogP contribution in [0, 0.1) is 5.82 Å². The third-order valence-corrected chi connectivity index (χ3v) is 6.30. The minimum Gasteiger partial charge on any atom is -0.352 e. The van der Waals surface area contributed by atoms with E-state index < -0.39 is 24.3 Å². The summed E-state index contributed by atoms with van der Waals surface area (Å²) in [6.45, 7) is -0.0971. The van der Waals surface area contributed by atoms with Crippen LogP contribution in [0.15, 0.2) is 75.4 Å². The van der Waals surface area contributed by atoms with Crippen molar-refractivity contribution in [3.05, 3.63) is 88.2 Å². The van der Waals surface area contributed by atoms with Gasteiger partial charge >= 0.3 is 6.18 Å². The van der Waals surface area contributed by atoms with E-state index in [1.807, 2.05) is 24.3 Å². The molecule has 0 unspecified atom stereocenters. The largest absolute Gasteiger partial charge is 0.389 e. The zero-order valence-corrected chi connectivity index (χ0v) is 18.6. The number of nitrogens with zero attached hydrogens (tertiary/aromatic N) is 1. The smallest absolute Gasteiger partial charge is 0.352 e. The quantitative estimate of drug-likeness (QED) is 0.237. The lowest BCUT2D eigenvalue weighted by Crippen LogP contribution is -2.25. The van der Waals surface area contributed by atoms with Crippen molar-refractivity contribution in [2.45, 2.75) is 28.8 Å². The predicted octanol–water partition coefficient (Wildman–Crippen LogP) is 7.19. The molecule has 0 saturated heterocycles. The van der Waals surface area contributed by atoms with Crippen molar-refractivity contribution in [2.75, 3.05) is 6.54 Å². The molecule has 0 fully saturated rings. The molecule has 0 bridgehead atoms. The van der Waals surface area contributed by atoms with Crippen LogP contribution in [0.4, 0.5) is 23.2 Å². The number of benzene rings is 3. The van der Waals surface area contributed by atoms with Gasteiger partial charge in [0.05, 0.1) is 11.4 Å². The molecule has 0 saturated carbocycles. The second kappa shape index (κ2) is 9.57. The number of halogens is 5. The first-order chi connectivity index (χ1) is 15.7. The maximum Gasteiger partial charge on any atom is 0.389 e. The molecule has 0 atom stereocenters. The Balaban J connectivity index is 1.68. The summed E-state index contributed by atoms with van der Waals surface area (Å²) >= 11 is 7.35. The van der Waals surface area contributed by atoms with Crippen molar-refractivity contribution in [1.82, 2.24) is 5.32 Å². The third-order valence-electron chi connectivity index (χ3n) is 4.92. The third kappa shape index (κ3) is 5.57. The number of alkyl halides is 3. The maximum atomic E-state index is 14.8. The molecule has 3 aromatic carbocycles. The molecule has 3 nitrogen and oxygen atoms in total. The van der Waals surface area contributed by atoms with E-state index in [-0.39, 0.29) is 29.1 Å². The van der Waals surface area contributed by atoms with Gasteiger partial charge in [-0.2, -0.15) is 13.2 Å². The molecule has 1 aliphatic heterocycles. The van der Waals surface area contributed by atoms with Gasteiger partial charge in [0.25, 0.3) is 5.91 Å². The lowest BCUT2D eigenvalue weighted by Gasteiger charge is -2.10. The van der Waals surface area contributed by atoms with Crippen LogP contribution >= 0.6 is 23.4 Å². The fourth-order valence-corrected chi connectivity index (χ4v) is 4.52. The Kier molecular flexibility index (Phi) is 6.76. The number of nitrogens with one attached hydrogen (secondary N) is 1. The summed E-state index contributed by atoms with van der Waals surface area (Å²) in [6, 6.07) is 16.7. The van der Waals surface area contributed by atoms with E-state index in [1.54, 1.807) is 30.3 Å². The summed E-state index contributed by atoms with van der Waals surface area (Å²) in [6.07, 6.45) is -5.43. The van der Waals surface area contributed by atoms with E-state index in [1.165, 1.54) is 17.8 Å². The van der Waals surface area contributed by atoms with E-state index in [0.29, 0.717) is 11.4 Å². The van der Waals surface area contributed by atoms with Crippen molar-refractivity contribution >= 4 is 40.7 Å². The Hall–Kier alpha value is -2.84. The number of fused-ring (bicyclic) bond motifs is 2. The number of carbonyl (C=O) groups is 1. The monoisotopic (exact) mass is 492 g/mol. The molecule has 1 heterocycles. The molecular weight excluding hydrogens is 476 g/mol. The second-order valence-electron chi connectivity index (χ2n) is 7.34. The molecule has 33 heavy (non-hydrogen) atoms. The highest BCUT2D eigenvalue weighted by molar-refractivity contribution is 7.99. The van der Waals surface area contributed by atoms with Gasteiger partial charge in [0, 0.05) is 44.5 Å². The van der Waals surface area contributed by atoms with Gasteiger partial charge in [0.2, 0.25) is 0 Å². The first-order valence-corrected chi connectivity index (χ1v) is 11.2. The van der Waals surface area contributed by atoms with Crippen molar-refractivity contribution in [2.24, 2.45) is 4.99 Å². The Morgan fingerprint density at radius 3 is 2.55 bits per heavy atom. The van der Waals surface area contributed by atoms with E-state index in [0.717, 1.165) is 15.4 Å². The Morgan fingerprint density at radius 2 is 1.79 bits per heavy atom. The number of hydrogen-bond acceptors (Lipinski definition) is 3. The van der Waals surface area contributed by atoms with Gasteiger partial charge < -0.3 is 5.32 Å². The molecule has 0 spiro atoms. The topological polar surface area (TPSA) is 41.5 Å². The molecule has 9 heteroatoms. The lowest BCUT2D eigenvalue weighted by molar-refractivity contribution is -0.135. The highest BCUT2D eigenvalue weighted by Gasteiger charge is 2.26. The molecule has 1 amide bonds. The summed E-state index contributed by atoms with van der Waals surface area (Å²) in [5.41, 5.74) is 2.12. The number of amides is 1. The minimum atomic E-state index is -4.26. The van der Waals surface area contributed by atoms with Crippen molar-refractivity contribution in [3.8, 4) is 0 Å². The molecule has 0 aromatic heterocycles. The van der Waals surface area contributed by atoms with Gasteiger partial charge in [0.1, 0.15) is 5.82 Å². The van der Waals surface area contributed by atoms with Gasteiger partial charge in [0.15, 0.2) is 0 Å². The number of hydrogen-bond donors (Lipinski definition) is 1. The van der Waals surface area contributed by atoms with Crippen molar-refractivity contribution < 1.29 is 22.4 Å². The summed E-state index contributed by atoms with van der Waals surface area (Å²) in [7, 11) is 0. The molecule has 4 rings (SSSR count). The lowest BCUT2D eigenvalue weighted by atomic mass is 10.0. The fourth-order valence-electron chi connectivity index (χ4n) is 3.36. The van der Waals surface area contributed by atoms with Crippen LogP contribution in [-0.2, 0) is 0 Å². The highest BCUT2D eigenvalue weighted by atomic mass is 35.5. The van der Waals surface area contributed by atoms with E-state index in [2.05, 4.69) is 5.32 Å². The van der Waals surface area contributed by atoms with Gasteiger partial charge in [-0.15, -0.1) is 0 Å². The van der Waals surface area contributed by atoms with Crippen LogP contribution in [0.5, 0.6) is 0 Å². The van der Waals surface area contributed by atoms with Gasteiger partial charge in [-0.3, -0.25) is 4.79 Å². The maximum absolute atomic E-state index is 14.8. The van der Waals surface area contributed by atoms with Crippen molar-refractivity contribution in [1.29, 1.82) is 0 Å². The normalized spacial score (nSPS) is 12.9. The van der Waals surface area contributed by atoms with E-state index >= 15 is 0 Å². The minimum absolute atomic E-state index is 0.0971. The van der Waals surface area contributed by atoms with Gasteiger partial charge in [-0.1, -0.05) is 41.6 Å². The number of rotatable bonds is 5. The molecule has 3 aromatic rings. The molecule has 0 radical (unpaired) electrons. The van der Waals surface area contributed by atoms with Crippen LogP contribution in [0.3, 0.4) is 0 Å². The van der Waals surface area contributed by atoms with Crippen LogP contribution < -0.4 is 5.32 Å². The highest BCUT2D eigenvalue weighted by Crippen LogP contribution is 2.42. The van der Waals surface area contributed by atoms with E-state index in [4.69, 9.17) is 16.6 Å². The molecule has 1 N–H and O–H groups in total. The summed E-state index contributed by atoms with van der Waals surface area (Å²) in [5, 5.41) is 2.76. The SMILES string of the molecule is O=C(NCCCC(F)(F)F)c1ccc2c(c1)N=C(c1ccc(Cl)cc1F)c1ccccc1S2. The van der Waals surface area contributed by atoms with Gasteiger partial charge in [-0.25, -0.2) is 9.38 Å². The summed E-state index contributed by atoms with van der Waals surface area (Å²) < 4.78 is 51.7. The number of aliphatic imine (C=N–C) groups is 1. The van der Waals surface area contributed by atoms with Crippen LogP contribution in [0.25, 0.3) is 0 Å². The van der Waals surface area contributed by atoms with Crippen LogP contribution in [-0.4, -0.2) is 24.3 Å². The first-order valence-electron chi connectivity index (χ1n) is 10.0. The van der Waals surface area contributed by atoms with Gasteiger partial charge in [-0.05, 0) is 48.9 Å². The molecule has 1 aliphatic rings. The molecule has 170 valence electrons. The standard InChI is InChI=1S/C24H17ClF4N2OS/c25-15-7-8-16(18(26)13-15)22-17-4-1-2-5-20(17)33-21-9-6-14(12-19(21)31-22)23(32)30-11-3-10-24(27,28)29/h1-2,4-9,12-13H,3,10-11H2,(H,30,32). The van der Waals surface area contributed by atoms with Crippen LogP contribution in [0.1, 0.15) is 34.3 Å². The first kappa shape index (κ1) is 23.3. The Morgan fingerprint density at radius 1 is 1.00 bits per heavy atom. The molecular formula is C24H17ClF4N2OS. The molecule has 0 aliphatic carbocycles. The Bertz CT molecular complexity index is 1240. The van der Waals surface area contributed by atoms with Crippen LogP contribution in [0.2, 0.25) is 5.02 Å². The summed E-state index contributed by atoms with van der Waals surface area (Å²) in [5.74, 6) is -1.02. The number of carbonyl (C=O) groups excluding carboxylic acids is 1. The fraction of sp³-hybridized carbons (Fsp3) is 0.167.